The van der Waals surface area contributed by atoms with E-state index >= 15 is 0 Å². The molecule has 1 amide bonds. The number of ether oxygens (including phenoxy) is 1. The average molecular weight is 460 g/mol. The molecule has 1 aromatic carbocycles. The number of benzene rings is 1. The summed E-state index contributed by atoms with van der Waals surface area (Å²) in [6.45, 7) is 9.71. The minimum Gasteiger partial charge on any atom is -0.486 e. The summed E-state index contributed by atoms with van der Waals surface area (Å²) < 4.78 is 7.87. The van der Waals surface area contributed by atoms with Crippen LogP contribution in [-0.2, 0) is 12.1 Å². The van der Waals surface area contributed by atoms with Gasteiger partial charge in [0.05, 0.1) is 24.5 Å². The second kappa shape index (κ2) is 9.51. The Bertz CT molecular complexity index is 1220. The van der Waals surface area contributed by atoms with E-state index in [-0.39, 0.29) is 17.6 Å². The highest BCUT2D eigenvalue weighted by atomic mass is 16.5. The summed E-state index contributed by atoms with van der Waals surface area (Å²) in [6.07, 6.45) is 8.08. The largest absolute Gasteiger partial charge is 0.486 e. The molecule has 4 rings (SSSR count). The molecule has 1 atom stereocenters. The maximum Gasteiger partial charge on any atom is 0.273 e. The normalized spacial score (nSPS) is 15.7. The quantitative estimate of drug-likeness (QED) is 0.564. The van der Waals surface area contributed by atoms with E-state index in [1.807, 2.05) is 45.9 Å². The van der Waals surface area contributed by atoms with Gasteiger partial charge in [0.1, 0.15) is 11.9 Å². The van der Waals surface area contributed by atoms with E-state index in [0.29, 0.717) is 31.1 Å². The Morgan fingerprint density at radius 1 is 1.32 bits per heavy atom. The third-order valence-electron chi connectivity index (χ3n) is 5.87. The summed E-state index contributed by atoms with van der Waals surface area (Å²) in [6, 6.07) is 8.04. The van der Waals surface area contributed by atoms with Gasteiger partial charge in [-0.05, 0) is 50.5 Å². The number of likely N-dealkylation sites (tertiary alicyclic amines) is 1. The Morgan fingerprint density at radius 3 is 2.82 bits per heavy atom. The first kappa shape index (κ1) is 23.2. The fourth-order valence-electron chi connectivity index (χ4n) is 3.83. The molecule has 2 aromatic heterocycles. The van der Waals surface area contributed by atoms with Crippen LogP contribution in [0.5, 0.6) is 5.75 Å². The molecule has 0 saturated carbocycles. The van der Waals surface area contributed by atoms with Gasteiger partial charge in [-0.3, -0.25) is 9.78 Å². The lowest BCUT2D eigenvalue weighted by molar-refractivity contribution is 0.0945. The molecule has 0 radical (unpaired) electrons. The van der Waals surface area contributed by atoms with Crippen LogP contribution in [0, 0.1) is 18.4 Å². The molecule has 1 N–H and O–H groups in total. The molecule has 0 spiro atoms. The number of carbonyl (C=O) groups excluding carboxylic acids is 1. The van der Waals surface area contributed by atoms with Gasteiger partial charge in [0, 0.05) is 31.3 Å². The van der Waals surface area contributed by atoms with Gasteiger partial charge in [0.15, 0.2) is 11.9 Å². The summed E-state index contributed by atoms with van der Waals surface area (Å²) in [5.41, 5.74) is 4.08. The molecule has 1 unspecified atom stereocenters. The van der Waals surface area contributed by atoms with Crippen LogP contribution >= 0.6 is 0 Å². The van der Waals surface area contributed by atoms with Crippen molar-refractivity contribution in [1.29, 1.82) is 5.26 Å². The van der Waals surface area contributed by atoms with E-state index in [0.717, 1.165) is 28.7 Å². The highest BCUT2D eigenvalue weighted by Gasteiger charge is 2.24. The Hall–Kier alpha value is -3.93. The van der Waals surface area contributed by atoms with E-state index in [9.17, 15) is 4.79 Å². The van der Waals surface area contributed by atoms with Crippen LogP contribution in [0.15, 0.2) is 42.9 Å². The molecule has 3 heterocycles. The smallest absolute Gasteiger partial charge is 0.273 e. The lowest BCUT2D eigenvalue weighted by Crippen LogP contribution is -2.24. The standard InChI is InChI=1S/C25H29N7O2/c1-17-11-18(21-7-9-27-13-23(21)34-20-8-10-31(14-20)16-26)5-6-19(17)12-28-24(33)22-15-32(30-29-22)25(2,3)4/h5-7,9,11,13,15,20H,8,10,12,14H2,1-4H3,(H,28,33). The SMILES string of the molecule is Cc1cc(-c2ccncc2OC2CCN(C#N)C2)ccc1CNC(=O)c1cn(C(C)(C)C)nn1. The zero-order valence-corrected chi connectivity index (χ0v) is 19.9. The van der Waals surface area contributed by atoms with E-state index < -0.39 is 0 Å². The van der Waals surface area contributed by atoms with Crippen molar-refractivity contribution in [3.63, 3.8) is 0 Å². The first-order chi connectivity index (χ1) is 16.2. The molecule has 0 aliphatic carbocycles. The first-order valence-corrected chi connectivity index (χ1v) is 11.3. The third-order valence-corrected chi connectivity index (χ3v) is 5.87. The first-order valence-electron chi connectivity index (χ1n) is 11.3. The van der Waals surface area contributed by atoms with Gasteiger partial charge in [-0.1, -0.05) is 23.4 Å². The van der Waals surface area contributed by atoms with Crippen molar-refractivity contribution in [3.05, 3.63) is 59.7 Å². The molecule has 0 bridgehead atoms. The third kappa shape index (κ3) is 5.17. The summed E-state index contributed by atoms with van der Waals surface area (Å²) in [5, 5.41) is 20.1. The zero-order chi connectivity index (χ0) is 24.3. The lowest BCUT2D eigenvalue weighted by Gasteiger charge is -2.17. The number of amides is 1. The summed E-state index contributed by atoms with van der Waals surface area (Å²) >= 11 is 0. The molecule has 3 aromatic rings. The van der Waals surface area contributed by atoms with E-state index in [2.05, 4.69) is 32.9 Å². The fraction of sp³-hybridized carbons (Fsp3) is 0.400. The second-order valence-corrected chi connectivity index (χ2v) is 9.49. The molecule has 9 nitrogen and oxygen atoms in total. The van der Waals surface area contributed by atoms with Crippen molar-refractivity contribution in [2.45, 2.75) is 52.3 Å². The van der Waals surface area contributed by atoms with Crippen LogP contribution in [0.1, 0.15) is 48.8 Å². The second-order valence-electron chi connectivity index (χ2n) is 9.49. The summed E-state index contributed by atoms with van der Waals surface area (Å²) in [4.78, 5) is 18.5. The molecule has 1 aliphatic heterocycles. The number of hydrogen-bond acceptors (Lipinski definition) is 7. The molecule has 1 aliphatic rings. The van der Waals surface area contributed by atoms with Crippen LogP contribution in [-0.4, -0.2) is 50.0 Å². The number of nitriles is 1. The van der Waals surface area contributed by atoms with Gasteiger partial charge in [-0.25, -0.2) is 4.68 Å². The molecular formula is C25H29N7O2. The average Bonchev–Trinajstić information content (AvgIpc) is 3.48. The molecule has 1 saturated heterocycles. The van der Waals surface area contributed by atoms with Gasteiger partial charge in [-0.2, -0.15) is 5.26 Å². The Labute approximate surface area is 199 Å². The Morgan fingerprint density at radius 2 is 2.15 bits per heavy atom. The van der Waals surface area contributed by atoms with Crippen LogP contribution in [0.3, 0.4) is 0 Å². The fourth-order valence-corrected chi connectivity index (χ4v) is 3.83. The molecule has 9 heteroatoms. The van der Waals surface area contributed by atoms with E-state index in [1.54, 1.807) is 28.2 Å². The Kier molecular flexibility index (Phi) is 6.50. The predicted octanol–water partition coefficient (Wildman–Crippen LogP) is 3.27. The van der Waals surface area contributed by atoms with E-state index in [4.69, 9.17) is 10.00 Å². The number of hydrogen-bond donors (Lipinski definition) is 1. The van der Waals surface area contributed by atoms with Crippen LogP contribution in [0.25, 0.3) is 11.1 Å². The van der Waals surface area contributed by atoms with Crippen LogP contribution in [0.4, 0.5) is 0 Å². The van der Waals surface area contributed by atoms with Crippen molar-refractivity contribution >= 4 is 5.91 Å². The highest BCUT2D eigenvalue weighted by molar-refractivity contribution is 5.91. The maximum absolute atomic E-state index is 12.5. The molecule has 176 valence electrons. The number of carbonyl (C=O) groups is 1. The van der Waals surface area contributed by atoms with Gasteiger partial charge in [0.25, 0.3) is 5.91 Å². The van der Waals surface area contributed by atoms with Crippen molar-refractivity contribution in [2.24, 2.45) is 0 Å². The molecular weight excluding hydrogens is 430 g/mol. The molecule has 34 heavy (non-hydrogen) atoms. The van der Waals surface area contributed by atoms with Gasteiger partial charge >= 0.3 is 0 Å². The number of pyridine rings is 1. The van der Waals surface area contributed by atoms with Crippen molar-refractivity contribution in [3.8, 4) is 23.1 Å². The van der Waals surface area contributed by atoms with E-state index in [1.165, 1.54) is 0 Å². The predicted molar refractivity (Wildman–Crippen MR) is 127 cm³/mol. The zero-order valence-electron chi connectivity index (χ0n) is 19.9. The van der Waals surface area contributed by atoms with Gasteiger partial charge in [-0.15, -0.1) is 5.10 Å². The van der Waals surface area contributed by atoms with Crippen LogP contribution in [0.2, 0.25) is 0 Å². The molecule has 1 fully saturated rings. The topological polar surface area (TPSA) is 109 Å². The minimum atomic E-state index is -0.258. The minimum absolute atomic E-state index is 0.0329. The maximum atomic E-state index is 12.5. The summed E-state index contributed by atoms with van der Waals surface area (Å²) in [5.74, 6) is 0.446. The lowest BCUT2D eigenvalue weighted by atomic mass is 10.00. The Balaban J connectivity index is 1.44. The van der Waals surface area contributed by atoms with Crippen molar-refractivity contribution in [1.82, 2.24) is 30.2 Å². The van der Waals surface area contributed by atoms with Gasteiger partial charge < -0.3 is 15.0 Å². The number of nitrogens with zero attached hydrogens (tertiary/aromatic N) is 6. The number of aryl methyl sites for hydroxylation is 1. The van der Waals surface area contributed by atoms with Crippen molar-refractivity contribution in [2.75, 3.05) is 13.1 Å². The van der Waals surface area contributed by atoms with Crippen LogP contribution < -0.4 is 10.1 Å². The highest BCUT2D eigenvalue weighted by Crippen LogP contribution is 2.32. The number of nitrogens with one attached hydrogen (secondary N) is 1. The number of aromatic nitrogens is 4. The number of rotatable bonds is 6. The summed E-state index contributed by atoms with van der Waals surface area (Å²) in [7, 11) is 0. The monoisotopic (exact) mass is 459 g/mol. The van der Waals surface area contributed by atoms with Crippen molar-refractivity contribution < 1.29 is 9.53 Å². The van der Waals surface area contributed by atoms with Gasteiger partial charge in [0.2, 0.25) is 0 Å².